The smallest absolute Gasteiger partial charge is 0.0444 e. The minimum absolute atomic E-state index is 0.584. The van der Waals surface area contributed by atoms with Gasteiger partial charge in [-0.1, -0.05) is 0 Å². The molecular formula is C8H11N3. The van der Waals surface area contributed by atoms with Gasteiger partial charge in [0, 0.05) is 42.7 Å². The summed E-state index contributed by atoms with van der Waals surface area (Å²) in [5, 5.41) is 0. The van der Waals surface area contributed by atoms with Crippen molar-refractivity contribution in [3.8, 4) is 0 Å². The van der Waals surface area contributed by atoms with Gasteiger partial charge in [-0.25, -0.2) is 0 Å². The van der Waals surface area contributed by atoms with Gasteiger partial charge in [0.1, 0.15) is 0 Å². The average Bonchev–Trinajstić information content (AvgIpc) is 2.46. The minimum atomic E-state index is 0.584. The van der Waals surface area contributed by atoms with Gasteiger partial charge in [0.25, 0.3) is 0 Å². The van der Waals surface area contributed by atoms with Crippen LogP contribution in [0.1, 0.15) is 17.0 Å². The number of hydrogen-bond donors (Lipinski definition) is 2. The molecule has 0 radical (unpaired) electrons. The molecule has 1 aromatic heterocycles. The highest BCUT2D eigenvalue weighted by molar-refractivity contribution is 5.82. The van der Waals surface area contributed by atoms with Crippen molar-refractivity contribution in [3.05, 3.63) is 23.0 Å². The largest absolute Gasteiger partial charge is 0.361 e. The number of nitrogens with one attached hydrogen (secondary N) is 1. The Morgan fingerprint density at radius 2 is 2.55 bits per heavy atom. The summed E-state index contributed by atoms with van der Waals surface area (Å²) in [4.78, 5) is 7.45. The number of nitrogens with two attached hydrogens (primary N) is 1. The summed E-state index contributed by atoms with van der Waals surface area (Å²) in [5.41, 5.74) is 9.07. The molecule has 1 aliphatic heterocycles. The number of hydrogen-bond acceptors (Lipinski definition) is 2. The van der Waals surface area contributed by atoms with E-state index in [1.165, 1.54) is 11.3 Å². The van der Waals surface area contributed by atoms with Crippen LogP contribution < -0.4 is 5.73 Å². The first-order valence-electron chi connectivity index (χ1n) is 3.81. The molecule has 1 aliphatic rings. The van der Waals surface area contributed by atoms with E-state index < -0.39 is 0 Å². The van der Waals surface area contributed by atoms with Crippen LogP contribution in [0.5, 0.6) is 0 Å². The van der Waals surface area contributed by atoms with Crippen LogP contribution in [0.2, 0.25) is 0 Å². The highest BCUT2D eigenvalue weighted by Crippen LogP contribution is 2.12. The molecule has 2 heterocycles. The lowest BCUT2D eigenvalue weighted by Gasteiger charge is -2.01. The maximum absolute atomic E-state index is 5.49. The molecule has 1 aromatic rings. The van der Waals surface area contributed by atoms with E-state index in [0.717, 1.165) is 18.7 Å². The molecular weight excluding hydrogens is 138 g/mol. The molecule has 0 amide bonds. The van der Waals surface area contributed by atoms with Crippen LogP contribution in [0.25, 0.3) is 0 Å². The van der Waals surface area contributed by atoms with Gasteiger partial charge in [0.15, 0.2) is 0 Å². The quantitative estimate of drug-likeness (QED) is 0.598. The predicted molar refractivity (Wildman–Crippen MR) is 44.8 cm³/mol. The molecule has 3 N–H and O–H groups in total. The maximum Gasteiger partial charge on any atom is 0.0444 e. The fourth-order valence-corrected chi connectivity index (χ4v) is 1.35. The minimum Gasteiger partial charge on any atom is -0.361 e. The number of nitrogens with zero attached hydrogens (tertiary/aromatic N) is 1. The van der Waals surface area contributed by atoms with E-state index in [0.29, 0.717) is 6.54 Å². The molecule has 58 valence electrons. The Morgan fingerprint density at radius 1 is 1.64 bits per heavy atom. The van der Waals surface area contributed by atoms with Crippen LogP contribution in [0.4, 0.5) is 0 Å². The van der Waals surface area contributed by atoms with E-state index in [1.807, 2.05) is 6.21 Å². The molecule has 0 bridgehead atoms. The molecule has 0 atom stereocenters. The van der Waals surface area contributed by atoms with Gasteiger partial charge in [-0.3, -0.25) is 4.99 Å². The lowest BCUT2D eigenvalue weighted by atomic mass is 10.1. The Morgan fingerprint density at radius 3 is 3.27 bits per heavy atom. The first kappa shape index (κ1) is 6.61. The zero-order valence-corrected chi connectivity index (χ0v) is 6.30. The van der Waals surface area contributed by atoms with Gasteiger partial charge < -0.3 is 10.7 Å². The Labute approximate surface area is 65.3 Å². The van der Waals surface area contributed by atoms with E-state index in [-0.39, 0.29) is 0 Å². The lowest BCUT2D eigenvalue weighted by Crippen LogP contribution is -2.00. The number of aromatic nitrogens is 1. The molecule has 3 heteroatoms. The number of H-pyrrole nitrogens is 1. The van der Waals surface area contributed by atoms with Crippen molar-refractivity contribution in [2.45, 2.75) is 13.0 Å². The van der Waals surface area contributed by atoms with Crippen LogP contribution >= 0.6 is 0 Å². The van der Waals surface area contributed by atoms with Crippen molar-refractivity contribution < 1.29 is 0 Å². The third-order valence-electron chi connectivity index (χ3n) is 1.93. The van der Waals surface area contributed by atoms with Crippen LogP contribution in [0.15, 0.2) is 11.1 Å². The first-order valence-corrected chi connectivity index (χ1v) is 3.81. The summed E-state index contributed by atoms with van der Waals surface area (Å²) >= 11 is 0. The Kier molecular flexibility index (Phi) is 1.51. The second-order valence-corrected chi connectivity index (χ2v) is 2.72. The van der Waals surface area contributed by atoms with Crippen molar-refractivity contribution >= 4 is 6.21 Å². The second kappa shape index (κ2) is 2.51. The third-order valence-corrected chi connectivity index (χ3v) is 1.93. The van der Waals surface area contributed by atoms with Crippen molar-refractivity contribution in [1.82, 2.24) is 4.98 Å². The Bertz CT molecular complexity index is 286. The molecule has 0 unspecified atom stereocenters. The third kappa shape index (κ3) is 1.07. The molecule has 0 fully saturated rings. The summed E-state index contributed by atoms with van der Waals surface area (Å²) in [6, 6.07) is 2.07. The van der Waals surface area contributed by atoms with Crippen LogP contribution in [0.3, 0.4) is 0 Å². The molecule has 0 aromatic carbocycles. The monoisotopic (exact) mass is 149 g/mol. The van der Waals surface area contributed by atoms with Crippen molar-refractivity contribution in [2.24, 2.45) is 10.7 Å². The average molecular weight is 149 g/mol. The van der Waals surface area contributed by atoms with Crippen molar-refractivity contribution in [1.29, 1.82) is 0 Å². The summed E-state index contributed by atoms with van der Waals surface area (Å²) in [6.07, 6.45) is 2.93. The molecule has 0 aliphatic carbocycles. The number of aliphatic imine (C=N–C) groups is 1. The van der Waals surface area contributed by atoms with E-state index in [4.69, 9.17) is 5.73 Å². The van der Waals surface area contributed by atoms with Gasteiger partial charge in [-0.05, 0) is 6.07 Å². The SMILES string of the molecule is NCc1cc2c([nH]1)CCN=C2. The highest BCUT2D eigenvalue weighted by atomic mass is 14.8. The zero-order valence-electron chi connectivity index (χ0n) is 6.30. The van der Waals surface area contributed by atoms with Gasteiger partial charge >= 0.3 is 0 Å². The molecule has 2 rings (SSSR count). The summed E-state index contributed by atoms with van der Waals surface area (Å²) in [5.74, 6) is 0. The van der Waals surface area contributed by atoms with Crippen molar-refractivity contribution in [3.63, 3.8) is 0 Å². The molecule has 3 nitrogen and oxygen atoms in total. The van der Waals surface area contributed by atoms with Gasteiger partial charge in [0.05, 0.1) is 0 Å². The van der Waals surface area contributed by atoms with Gasteiger partial charge in [0.2, 0.25) is 0 Å². The van der Waals surface area contributed by atoms with E-state index in [2.05, 4.69) is 16.0 Å². The standard InChI is InChI=1S/C8H11N3/c9-4-7-3-6-5-10-2-1-8(6)11-7/h3,5,11H,1-2,4,9H2. The van der Waals surface area contributed by atoms with E-state index >= 15 is 0 Å². The van der Waals surface area contributed by atoms with Gasteiger partial charge in [-0.2, -0.15) is 0 Å². The second-order valence-electron chi connectivity index (χ2n) is 2.72. The predicted octanol–water partition coefficient (Wildman–Crippen LogP) is 0.448. The zero-order chi connectivity index (χ0) is 7.68. The fraction of sp³-hybridized carbons (Fsp3) is 0.375. The van der Waals surface area contributed by atoms with Crippen LogP contribution in [-0.4, -0.2) is 17.7 Å². The topological polar surface area (TPSA) is 54.2 Å². The molecule has 0 spiro atoms. The first-order chi connectivity index (χ1) is 5.40. The number of fused-ring (bicyclic) bond motifs is 1. The summed E-state index contributed by atoms with van der Waals surface area (Å²) in [7, 11) is 0. The molecule has 0 saturated heterocycles. The Hall–Kier alpha value is -1.09. The summed E-state index contributed by atoms with van der Waals surface area (Å²) in [6.45, 7) is 1.48. The molecule has 0 saturated carbocycles. The van der Waals surface area contributed by atoms with E-state index in [9.17, 15) is 0 Å². The highest BCUT2D eigenvalue weighted by Gasteiger charge is 2.07. The maximum atomic E-state index is 5.49. The van der Waals surface area contributed by atoms with Gasteiger partial charge in [-0.15, -0.1) is 0 Å². The number of aromatic amines is 1. The summed E-state index contributed by atoms with van der Waals surface area (Å²) < 4.78 is 0. The number of rotatable bonds is 1. The van der Waals surface area contributed by atoms with Crippen LogP contribution in [0, 0.1) is 0 Å². The van der Waals surface area contributed by atoms with E-state index in [1.54, 1.807) is 0 Å². The fourth-order valence-electron chi connectivity index (χ4n) is 1.35. The lowest BCUT2D eigenvalue weighted by molar-refractivity contribution is 0.901. The van der Waals surface area contributed by atoms with Crippen LogP contribution in [-0.2, 0) is 13.0 Å². The molecule has 11 heavy (non-hydrogen) atoms. The normalized spacial score (nSPS) is 15.0. The van der Waals surface area contributed by atoms with Crippen molar-refractivity contribution in [2.75, 3.05) is 6.54 Å². The Balaban J connectivity index is 2.42.